The maximum atomic E-state index is 2.29. The van der Waals surface area contributed by atoms with Crippen molar-refractivity contribution in [2.24, 2.45) is 0 Å². The molecule has 0 unspecified atom stereocenters. The zero-order valence-electron chi connectivity index (χ0n) is 14.4. The zero-order chi connectivity index (χ0) is 14.7. The van der Waals surface area contributed by atoms with Gasteiger partial charge in [-0.3, -0.25) is 0 Å². The van der Waals surface area contributed by atoms with Crippen molar-refractivity contribution in [1.82, 2.24) is 0 Å². The lowest BCUT2D eigenvalue weighted by Gasteiger charge is -2.03. The van der Waals surface area contributed by atoms with E-state index in [0.717, 1.165) is 0 Å². The lowest BCUT2D eigenvalue weighted by molar-refractivity contribution is 0.573. The van der Waals surface area contributed by atoms with Crippen molar-refractivity contribution in [3.05, 3.63) is 0 Å². The first-order chi connectivity index (χ1) is 9.91. The predicted octanol–water partition coefficient (Wildman–Crippen LogP) is 7.61. The summed E-state index contributed by atoms with van der Waals surface area (Å²) in [5.74, 6) is 2.81. The molecule has 0 N–H and O–H groups in total. The summed E-state index contributed by atoms with van der Waals surface area (Å²) in [7, 11) is 0. The SMILES string of the molecule is CCCCCCCCCCCSCCCCCCCC. The van der Waals surface area contributed by atoms with Crippen LogP contribution in [0, 0.1) is 0 Å². The van der Waals surface area contributed by atoms with Crippen molar-refractivity contribution in [3.8, 4) is 0 Å². The van der Waals surface area contributed by atoms with E-state index < -0.39 is 0 Å². The van der Waals surface area contributed by atoms with Crippen LogP contribution in [0.2, 0.25) is 0 Å². The number of hydrogen-bond donors (Lipinski definition) is 0. The first-order valence-electron chi connectivity index (χ1n) is 9.49. The molecule has 20 heavy (non-hydrogen) atoms. The van der Waals surface area contributed by atoms with Crippen LogP contribution in [0.25, 0.3) is 0 Å². The Morgan fingerprint density at radius 3 is 1.05 bits per heavy atom. The average Bonchev–Trinajstić information content (AvgIpc) is 2.47. The zero-order valence-corrected chi connectivity index (χ0v) is 15.2. The third-order valence-corrected chi connectivity index (χ3v) is 5.19. The van der Waals surface area contributed by atoms with Crippen LogP contribution in [0.1, 0.15) is 110 Å². The molecular formula is C19H40S. The normalized spacial score (nSPS) is 11.1. The summed E-state index contributed by atoms with van der Waals surface area (Å²) in [6.45, 7) is 4.59. The van der Waals surface area contributed by atoms with E-state index in [2.05, 4.69) is 25.6 Å². The van der Waals surface area contributed by atoms with Crippen molar-refractivity contribution in [1.29, 1.82) is 0 Å². The number of rotatable bonds is 17. The van der Waals surface area contributed by atoms with Crippen molar-refractivity contribution in [2.75, 3.05) is 11.5 Å². The summed E-state index contributed by atoms with van der Waals surface area (Å²) in [5, 5.41) is 0. The lowest BCUT2D eigenvalue weighted by Crippen LogP contribution is -1.87. The minimum absolute atomic E-state index is 1.37. The Balaban J connectivity index is 2.89. The van der Waals surface area contributed by atoms with Crippen molar-refractivity contribution in [2.45, 2.75) is 110 Å². The Kier molecular flexibility index (Phi) is 19.7. The molecule has 0 aromatic heterocycles. The van der Waals surface area contributed by atoms with Crippen LogP contribution in [0.3, 0.4) is 0 Å². The van der Waals surface area contributed by atoms with E-state index in [9.17, 15) is 0 Å². The number of thioether (sulfide) groups is 1. The van der Waals surface area contributed by atoms with E-state index in [0.29, 0.717) is 0 Å². The summed E-state index contributed by atoms with van der Waals surface area (Å²) < 4.78 is 0. The fraction of sp³-hybridized carbons (Fsp3) is 1.00. The molecule has 0 aromatic rings. The van der Waals surface area contributed by atoms with Crippen LogP contribution in [-0.2, 0) is 0 Å². The van der Waals surface area contributed by atoms with E-state index in [-0.39, 0.29) is 0 Å². The molecule has 0 atom stereocenters. The molecule has 0 spiro atoms. The van der Waals surface area contributed by atoms with Gasteiger partial charge in [-0.15, -0.1) is 0 Å². The summed E-state index contributed by atoms with van der Waals surface area (Å²) in [4.78, 5) is 0. The molecule has 1 heteroatoms. The van der Waals surface area contributed by atoms with Crippen LogP contribution in [0.4, 0.5) is 0 Å². The number of unbranched alkanes of at least 4 members (excludes halogenated alkanes) is 13. The fourth-order valence-electron chi connectivity index (χ4n) is 2.60. The Morgan fingerprint density at radius 2 is 0.700 bits per heavy atom. The van der Waals surface area contributed by atoms with Gasteiger partial charge in [0.15, 0.2) is 0 Å². The fourth-order valence-corrected chi connectivity index (χ4v) is 3.62. The molecule has 0 radical (unpaired) electrons. The van der Waals surface area contributed by atoms with E-state index in [4.69, 9.17) is 0 Å². The van der Waals surface area contributed by atoms with Crippen molar-refractivity contribution < 1.29 is 0 Å². The third-order valence-electron chi connectivity index (χ3n) is 4.03. The highest BCUT2D eigenvalue weighted by atomic mass is 32.2. The molecule has 0 heterocycles. The van der Waals surface area contributed by atoms with E-state index in [1.54, 1.807) is 0 Å². The Hall–Kier alpha value is 0.350. The van der Waals surface area contributed by atoms with E-state index >= 15 is 0 Å². The van der Waals surface area contributed by atoms with Gasteiger partial charge in [0, 0.05) is 0 Å². The number of hydrogen-bond acceptors (Lipinski definition) is 1. The predicted molar refractivity (Wildman–Crippen MR) is 97.9 cm³/mol. The molecule has 0 bridgehead atoms. The van der Waals surface area contributed by atoms with Crippen molar-refractivity contribution >= 4 is 11.8 Å². The van der Waals surface area contributed by atoms with Gasteiger partial charge in [-0.25, -0.2) is 0 Å². The summed E-state index contributed by atoms with van der Waals surface area (Å²) in [6.07, 6.45) is 21.7. The standard InChI is InChI=1S/C19H40S/c1-3-5-7-9-11-12-13-15-17-19-20-18-16-14-10-8-6-4-2/h3-19H2,1-2H3. The van der Waals surface area contributed by atoms with Crippen LogP contribution in [-0.4, -0.2) is 11.5 Å². The van der Waals surface area contributed by atoms with Crippen LogP contribution in [0.5, 0.6) is 0 Å². The molecule has 122 valence electrons. The van der Waals surface area contributed by atoms with E-state index in [1.807, 2.05) is 0 Å². The molecule has 0 aliphatic carbocycles. The monoisotopic (exact) mass is 300 g/mol. The molecule has 0 saturated heterocycles. The second-order valence-electron chi connectivity index (χ2n) is 6.21. The topological polar surface area (TPSA) is 0 Å². The smallest absolute Gasteiger partial charge is 0.00675 e. The summed E-state index contributed by atoms with van der Waals surface area (Å²) in [6, 6.07) is 0. The highest BCUT2D eigenvalue weighted by Crippen LogP contribution is 2.14. The van der Waals surface area contributed by atoms with Gasteiger partial charge < -0.3 is 0 Å². The largest absolute Gasteiger partial charge is 0.162 e. The maximum Gasteiger partial charge on any atom is -0.00675 e. The Labute approximate surface area is 133 Å². The second kappa shape index (κ2) is 19.4. The Morgan fingerprint density at radius 1 is 0.400 bits per heavy atom. The molecule has 0 fully saturated rings. The minimum atomic E-state index is 1.37. The average molecular weight is 301 g/mol. The van der Waals surface area contributed by atoms with Gasteiger partial charge in [-0.1, -0.05) is 97.3 Å². The summed E-state index contributed by atoms with van der Waals surface area (Å²) >= 11 is 2.19. The van der Waals surface area contributed by atoms with Gasteiger partial charge in [0.25, 0.3) is 0 Å². The van der Waals surface area contributed by atoms with Crippen LogP contribution >= 0.6 is 11.8 Å². The lowest BCUT2D eigenvalue weighted by atomic mass is 10.1. The third kappa shape index (κ3) is 18.4. The summed E-state index contributed by atoms with van der Waals surface area (Å²) in [5.41, 5.74) is 0. The van der Waals surface area contributed by atoms with Gasteiger partial charge in [0.1, 0.15) is 0 Å². The maximum absolute atomic E-state index is 2.29. The van der Waals surface area contributed by atoms with Crippen molar-refractivity contribution in [3.63, 3.8) is 0 Å². The first-order valence-corrected chi connectivity index (χ1v) is 10.6. The van der Waals surface area contributed by atoms with Crippen LogP contribution in [0.15, 0.2) is 0 Å². The molecule has 0 saturated carbocycles. The molecule has 0 aliphatic rings. The second-order valence-corrected chi connectivity index (χ2v) is 7.43. The first kappa shape index (κ1) is 20.3. The van der Waals surface area contributed by atoms with E-state index in [1.165, 1.54) is 108 Å². The van der Waals surface area contributed by atoms with Gasteiger partial charge in [-0.05, 0) is 24.3 Å². The molecule has 0 rings (SSSR count). The molecule has 0 aromatic carbocycles. The quantitative estimate of drug-likeness (QED) is 0.249. The molecule has 0 nitrogen and oxygen atoms in total. The highest BCUT2D eigenvalue weighted by molar-refractivity contribution is 7.99. The van der Waals surface area contributed by atoms with Gasteiger partial charge in [-0.2, -0.15) is 11.8 Å². The molecule has 0 amide bonds. The Bertz CT molecular complexity index is 138. The molecular weight excluding hydrogens is 260 g/mol. The minimum Gasteiger partial charge on any atom is -0.162 e. The molecule has 0 aliphatic heterocycles. The van der Waals surface area contributed by atoms with Gasteiger partial charge >= 0.3 is 0 Å². The highest BCUT2D eigenvalue weighted by Gasteiger charge is 1.94. The van der Waals surface area contributed by atoms with Gasteiger partial charge in [0.2, 0.25) is 0 Å². The van der Waals surface area contributed by atoms with Gasteiger partial charge in [0.05, 0.1) is 0 Å². The van der Waals surface area contributed by atoms with Crippen LogP contribution < -0.4 is 0 Å².